The average Bonchev–Trinajstić information content (AvgIpc) is 3.22. The van der Waals surface area contributed by atoms with Gasteiger partial charge in [0.2, 0.25) is 0 Å². The van der Waals surface area contributed by atoms with Crippen molar-refractivity contribution in [2.24, 2.45) is 0 Å². The molecule has 1 aliphatic carbocycles. The Labute approximate surface area is 157 Å². The highest BCUT2D eigenvalue weighted by Gasteiger charge is 2.37. The molecule has 4 rings (SSSR count). The number of nitrogens with zero attached hydrogens (tertiary/aromatic N) is 1. The molecule has 0 unspecified atom stereocenters. The lowest BCUT2D eigenvalue weighted by atomic mass is 9.94. The van der Waals surface area contributed by atoms with Crippen molar-refractivity contribution in [2.45, 2.75) is 38.1 Å². The van der Waals surface area contributed by atoms with Crippen LogP contribution in [0.15, 0.2) is 51.8 Å². The summed E-state index contributed by atoms with van der Waals surface area (Å²) < 4.78 is 6.57. The van der Waals surface area contributed by atoms with E-state index in [0.29, 0.717) is 15.0 Å². The number of amides is 1. The minimum Gasteiger partial charge on any atom is -0.457 e. The highest BCUT2D eigenvalue weighted by molar-refractivity contribution is 8.26. The number of carbonyl (C=O) groups is 1. The van der Waals surface area contributed by atoms with Gasteiger partial charge in [-0.3, -0.25) is 9.69 Å². The van der Waals surface area contributed by atoms with Gasteiger partial charge in [-0.25, -0.2) is 0 Å². The molecule has 128 valence electrons. The van der Waals surface area contributed by atoms with Crippen LogP contribution in [0.2, 0.25) is 0 Å². The Morgan fingerprint density at radius 3 is 2.60 bits per heavy atom. The molecule has 1 saturated heterocycles. The van der Waals surface area contributed by atoms with Crippen molar-refractivity contribution in [1.29, 1.82) is 0 Å². The monoisotopic (exact) mass is 369 g/mol. The Hall–Kier alpha value is -1.85. The Morgan fingerprint density at radius 1 is 1.08 bits per heavy atom. The first-order valence-corrected chi connectivity index (χ1v) is 9.87. The van der Waals surface area contributed by atoms with Gasteiger partial charge in [0.15, 0.2) is 0 Å². The van der Waals surface area contributed by atoms with Gasteiger partial charge < -0.3 is 4.42 Å². The predicted molar refractivity (Wildman–Crippen MR) is 106 cm³/mol. The zero-order valence-corrected chi connectivity index (χ0v) is 15.4. The van der Waals surface area contributed by atoms with Crippen LogP contribution < -0.4 is 0 Å². The Morgan fingerprint density at radius 2 is 1.84 bits per heavy atom. The van der Waals surface area contributed by atoms with Crippen LogP contribution >= 0.6 is 24.0 Å². The highest BCUT2D eigenvalue weighted by atomic mass is 32.2. The second-order valence-corrected chi connectivity index (χ2v) is 8.09. The van der Waals surface area contributed by atoms with E-state index in [1.54, 1.807) is 0 Å². The van der Waals surface area contributed by atoms with Crippen LogP contribution in [0.4, 0.5) is 0 Å². The van der Waals surface area contributed by atoms with Crippen molar-refractivity contribution < 1.29 is 9.21 Å². The Bertz CT molecular complexity index is 819. The summed E-state index contributed by atoms with van der Waals surface area (Å²) in [6.07, 6.45) is 7.54. The van der Waals surface area contributed by atoms with Gasteiger partial charge in [0.1, 0.15) is 15.8 Å². The third-order valence-corrected chi connectivity index (χ3v) is 6.05. The second kappa shape index (κ2) is 7.18. The van der Waals surface area contributed by atoms with Crippen molar-refractivity contribution in [3.8, 4) is 11.3 Å². The normalized spacial score (nSPS) is 20.6. The number of hydrogen-bond donors (Lipinski definition) is 0. The largest absolute Gasteiger partial charge is 0.457 e. The number of furan rings is 1. The van der Waals surface area contributed by atoms with Crippen LogP contribution in [0.1, 0.15) is 37.9 Å². The summed E-state index contributed by atoms with van der Waals surface area (Å²) in [5.41, 5.74) is 1.02. The van der Waals surface area contributed by atoms with Crippen molar-refractivity contribution in [1.82, 2.24) is 4.90 Å². The molecule has 0 spiro atoms. The molecular formula is C20H19NO2S2. The first kappa shape index (κ1) is 16.6. The van der Waals surface area contributed by atoms with Crippen molar-refractivity contribution >= 4 is 40.3 Å². The number of carbonyl (C=O) groups excluding carboxylic acids is 1. The topological polar surface area (TPSA) is 33.5 Å². The number of benzene rings is 1. The van der Waals surface area contributed by atoms with Gasteiger partial charge in [0, 0.05) is 17.7 Å². The van der Waals surface area contributed by atoms with E-state index in [9.17, 15) is 4.79 Å². The van der Waals surface area contributed by atoms with Crippen LogP contribution in [0.5, 0.6) is 0 Å². The Kier molecular flexibility index (Phi) is 4.77. The SMILES string of the molecule is O=C1/C(=C/c2ccc(-c3ccccc3)o2)SC(=S)N1C1CCCCC1. The van der Waals surface area contributed by atoms with E-state index in [4.69, 9.17) is 16.6 Å². The van der Waals surface area contributed by atoms with Crippen LogP contribution in [-0.2, 0) is 4.79 Å². The zero-order chi connectivity index (χ0) is 17.2. The molecule has 2 fully saturated rings. The maximum absolute atomic E-state index is 12.8. The van der Waals surface area contributed by atoms with E-state index in [2.05, 4.69) is 0 Å². The maximum Gasteiger partial charge on any atom is 0.266 e. The smallest absolute Gasteiger partial charge is 0.266 e. The van der Waals surface area contributed by atoms with Crippen LogP contribution in [0.25, 0.3) is 17.4 Å². The van der Waals surface area contributed by atoms with Crippen molar-refractivity contribution in [3.63, 3.8) is 0 Å². The molecule has 2 aromatic rings. The summed E-state index contributed by atoms with van der Waals surface area (Å²) in [5.74, 6) is 1.51. The summed E-state index contributed by atoms with van der Waals surface area (Å²) in [6.45, 7) is 0. The lowest BCUT2D eigenvalue weighted by molar-refractivity contribution is -0.124. The number of thiocarbonyl (C=S) groups is 1. The van der Waals surface area contributed by atoms with E-state index < -0.39 is 0 Å². The molecular weight excluding hydrogens is 350 g/mol. The molecule has 0 N–H and O–H groups in total. The minimum absolute atomic E-state index is 0.0274. The third kappa shape index (κ3) is 3.44. The van der Waals surface area contributed by atoms with Gasteiger partial charge in [-0.1, -0.05) is 73.6 Å². The molecule has 1 aromatic heterocycles. The molecule has 5 heteroatoms. The maximum atomic E-state index is 12.8. The van der Waals surface area contributed by atoms with E-state index in [1.807, 2.05) is 53.4 Å². The molecule has 0 bridgehead atoms. The lowest BCUT2D eigenvalue weighted by Crippen LogP contribution is -2.39. The van der Waals surface area contributed by atoms with Crippen LogP contribution in [-0.4, -0.2) is 21.2 Å². The van der Waals surface area contributed by atoms with E-state index in [-0.39, 0.29) is 11.9 Å². The first-order valence-electron chi connectivity index (χ1n) is 8.65. The molecule has 1 amide bonds. The average molecular weight is 370 g/mol. The third-order valence-electron chi connectivity index (χ3n) is 4.72. The van der Waals surface area contributed by atoms with Crippen LogP contribution in [0, 0.1) is 0 Å². The number of thioether (sulfide) groups is 1. The molecule has 0 atom stereocenters. The first-order chi connectivity index (χ1) is 12.2. The van der Waals surface area contributed by atoms with E-state index in [1.165, 1.54) is 31.0 Å². The zero-order valence-electron chi connectivity index (χ0n) is 13.8. The second-order valence-electron chi connectivity index (χ2n) is 6.41. The van der Waals surface area contributed by atoms with Gasteiger partial charge in [-0.15, -0.1) is 0 Å². The fourth-order valence-electron chi connectivity index (χ4n) is 3.45. The summed E-state index contributed by atoms with van der Waals surface area (Å²) >= 11 is 6.85. The quantitative estimate of drug-likeness (QED) is 0.530. The molecule has 3 nitrogen and oxygen atoms in total. The summed E-state index contributed by atoms with van der Waals surface area (Å²) in [5, 5.41) is 0. The fraction of sp³-hybridized carbons (Fsp3) is 0.300. The molecule has 0 radical (unpaired) electrons. The van der Waals surface area contributed by atoms with Gasteiger partial charge in [0.05, 0.1) is 4.91 Å². The molecule has 25 heavy (non-hydrogen) atoms. The highest BCUT2D eigenvalue weighted by Crippen LogP contribution is 2.37. The van der Waals surface area contributed by atoms with Gasteiger partial charge >= 0.3 is 0 Å². The van der Waals surface area contributed by atoms with E-state index in [0.717, 1.165) is 24.2 Å². The standard InChI is InChI=1S/C20H19NO2S2/c22-19-18(25-20(24)21(19)15-9-5-2-6-10-15)13-16-11-12-17(23-16)14-7-3-1-4-8-14/h1,3-4,7-8,11-13,15H,2,5-6,9-10H2/b18-13-. The van der Waals surface area contributed by atoms with Gasteiger partial charge in [0.25, 0.3) is 5.91 Å². The van der Waals surface area contributed by atoms with E-state index >= 15 is 0 Å². The van der Waals surface area contributed by atoms with Crippen molar-refractivity contribution in [3.05, 3.63) is 53.1 Å². The molecule has 1 aliphatic heterocycles. The van der Waals surface area contributed by atoms with Gasteiger partial charge in [-0.05, 0) is 25.0 Å². The lowest BCUT2D eigenvalue weighted by Gasteiger charge is -2.29. The molecule has 2 heterocycles. The fourth-order valence-corrected chi connectivity index (χ4v) is 4.83. The molecule has 1 aromatic carbocycles. The van der Waals surface area contributed by atoms with Gasteiger partial charge in [-0.2, -0.15) is 0 Å². The summed E-state index contributed by atoms with van der Waals surface area (Å²) in [6, 6.07) is 14.0. The van der Waals surface area contributed by atoms with Crippen LogP contribution in [0.3, 0.4) is 0 Å². The van der Waals surface area contributed by atoms with Crippen molar-refractivity contribution in [2.75, 3.05) is 0 Å². The predicted octanol–water partition coefficient (Wildman–Crippen LogP) is 5.48. The summed E-state index contributed by atoms with van der Waals surface area (Å²) in [4.78, 5) is 15.3. The number of hydrogen-bond acceptors (Lipinski definition) is 4. The minimum atomic E-state index is 0.0274. The summed E-state index contributed by atoms with van der Waals surface area (Å²) in [7, 11) is 0. The molecule has 2 aliphatic rings. The Balaban J connectivity index is 1.55. The number of rotatable bonds is 3. The molecule has 1 saturated carbocycles.